The van der Waals surface area contributed by atoms with E-state index in [-0.39, 0.29) is 69.2 Å². The highest BCUT2D eigenvalue weighted by atomic mass is 28.3. The minimum atomic E-state index is -1.41. The molecule has 80 heavy (non-hydrogen) atoms. The third kappa shape index (κ3) is 17.4. The molecule has 18 nitrogen and oxygen atoms in total. The number of nitrogens with zero attached hydrogens (tertiary/aromatic N) is 7. The molecule has 2 aromatic carbocycles. The Labute approximate surface area is 476 Å². The molecule has 4 aromatic rings. The van der Waals surface area contributed by atoms with Crippen molar-refractivity contribution in [3.63, 3.8) is 0 Å². The lowest BCUT2D eigenvalue weighted by Crippen LogP contribution is -2.55. The second-order valence-electron chi connectivity index (χ2n) is 25.1. The van der Waals surface area contributed by atoms with Gasteiger partial charge in [0.15, 0.2) is 0 Å². The van der Waals surface area contributed by atoms with E-state index >= 15 is 0 Å². The fourth-order valence-electron chi connectivity index (χ4n) is 9.65. The van der Waals surface area contributed by atoms with Gasteiger partial charge < -0.3 is 52.8 Å². The number of hydrogen-bond acceptors (Lipinski definition) is 12. The number of imidazole rings is 2. The molecule has 0 saturated carbocycles. The topological polar surface area (TPSA) is 189 Å². The number of hydrogen-bond donors (Lipinski definition) is 1. The van der Waals surface area contributed by atoms with Crippen LogP contribution >= 0.6 is 0 Å². The van der Waals surface area contributed by atoms with E-state index in [1.165, 1.54) is 14.2 Å². The van der Waals surface area contributed by atoms with Crippen molar-refractivity contribution in [1.82, 2.24) is 39.1 Å². The van der Waals surface area contributed by atoms with Gasteiger partial charge in [0.1, 0.15) is 42.8 Å². The minimum Gasteiger partial charge on any atom is -0.469 e. The van der Waals surface area contributed by atoms with Gasteiger partial charge in [0.25, 0.3) is 0 Å². The number of methoxy groups -OCH3 is 2. The first-order chi connectivity index (χ1) is 37.7. The van der Waals surface area contributed by atoms with Crippen LogP contribution in [0, 0.1) is 29.6 Å². The molecule has 20 heteroatoms. The van der Waals surface area contributed by atoms with Crippen LogP contribution in [0.2, 0.25) is 51.4 Å². The Morgan fingerprint density at radius 2 is 1.31 bits per heavy atom. The van der Waals surface area contributed by atoms with Crippen LogP contribution in [0.4, 0.5) is 9.59 Å². The van der Waals surface area contributed by atoms with Crippen molar-refractivity contribution in [2.45, 2.75) is 156 Å². The molecule has 2 fully saturated rings. The number of alkyl carbamates (subject to hydrolysis) is 1. The molecule has 2 aliphatic rings. The Morgan fingerprint density at radius 3 is 1.86 bits per heavy atom. The van der Waals surface area contributed by atoms with Crippen molar-refractivity contribution in [2.75, 3.05) is 53.6 Å². The molecule has 0 bridgehead atoms. The van der Waals surface area contributed by atoms with Crippen LogP contribution in [0.25, 0.3) is 22.5 Å². The number of amides is 4. The molecule has 436 valence electrons. The predicted octanol–water partition coefficient (Wildman–Crippen LogP) is 10.4. The third-order valence-corrected chi connectivity index (χ3v) is 17.8. The van der Waals surface area contributed by atoms with Crippen LogP contribution in [-0.2, 0) is 51.5 Å². The van der Waals surface area contributed by atoms with Crippen molar-refractivity contribution >= 4 is 46.1 Å². The van der Waals surface area contributed by atoms with Gasteiger partial charge in [-0.2, -0.15) is 0 Å². The Hall–Kier alpha value is -6.28. The SMILES string of the molecule is COC(=O)C[C@H](C(=O)N1CCN(C(=O)OC(C)(C)C)C[C@H]1c1nc(-c2ccc(C#Cc3ccc(-c4cnc([C@@H]5CCCN5C(=O)[C@@H](NC(=O)OC)C(C)C)n4COCC[Si](C)(C)C)cc3)cc2)cn1COCC[Si](C)(C)C)C(C)C. The monoisotopic (exact) mass is 1140 g/mol. The summed E-state index contributed by atoms with van der Waals surface area (Å²) in [4.78, 5) is 82.6. The number of benzene rings is 2. The smallest absolute Gasteiger partial charge is 0.410 e. The fraction of sp³-hybridized carbons (Fsp3) is 0.583. The molecular formula is C60H88N8O10Si2. The van der Waals surface area contributed by atoms with Gasteiger partial charge in [-0.3, -0.25) is 14.4 Å². The molecule has 0 spiro atoms. The summed E-state index contributed by atoms with van der Waals surface area (Å²) >= 11 is 0. The number of likely N-dealkylation sites (tertiary alicyclic amines) is 1. The Balaban J connectivity index is 1.28. The van der Waals surface area contributed by atoms with E-state index in [2.05, 4.69) is 61.0 Å². The summed E-state index contributed by atoms with van der Waals surface area (Å²) in [7, 11) is -0.164. The average Bonchev–Trinajstić information content (AvgIpc) is 4.31. The Kier molecular flexibility index (Phi) is 21.6. The number of piperazine rings is 1. The van der Waals surface area contributed by atoms with Crippen LogP contribution in [-0.4, -0.2) is 145 Å². The second kappa shape index (κ2) is 27.5. The highest BCUT2D eigenvalue weighted by Crippen LogP contribution is 2.36. The largest absolute Gasteiger partial charge is 0.469 e. The standard InChI is InChI=1S/C60H88N8O10Si2/c1-41(2)47(35-52(69)74-8)56(70)67-30-29-64(59(73)78-60(5,6)7)38-51(67)55-62-48(37-65(55)39-76-31-33-79(10,11)12)45-24-20-43(21-25-45)18-19-44-22-26-46(27-23-44)50-36-61-54(68(50)40-77-32-34-80(13,14)15)49-17-16-28-66(49)57(71)53(42(3)4)63-58(72)75-9/h20-27,36-37,41-42,47,49,51,53H,16-17,28-35,38-40H2,1-15H3,(H,63,72)/t47-,49-,51-,53-/m0/s1. The molecule has 4 amide bonds. The number of carbonyl (C=O) groups is 5. The summed E-state index contributed by atoms with van der Waals surface area (Å²) in [6, 6.07) is 16.1. The molecule has 2 saturated heterocycles. The van der Waals surface area contributed by atoms with Gasteiger partial charge >= 0.3 is 18.2 Å². The molecule has 0 aliphatic carbocycles. The molecule has 2 aliphatic heterocycles. The van der Waals surface area contributed by atoms with Gasteiger partial charge in [-0.25, -0.2) is 19.6 Å². The van der Waals surface area contributed by atoms with E-state index in [4.69, 9.17) is 33.7 Å². The lowest BCUT2D eigenvalue weighted by molar-refractivity contribution is -0.150. The van der Waals surface area contributed by atoms with Gasteiger partial charge in [-0.1, -0.05) is 103 Å². The number of ether oxygens (including phenoxy) is 5. The van der Waals surface area contributed by atoms with E-state index in [1.807, 2.05) is 119 Å². The summed E-state index contributed by atoms with van der Waals surface area (Å²) in [5.74, 6) is 6.14. The maximum absolute atomic E-state index is 14.6. The van der Waals surface area contributed by atoms with E-state index in [1.54, 1.807) is 9.80 Å². The number of nitrogens with one attached hydrogen (secondary N) is 1. The Bertz CT molecular complexity index is 2820. The summed E-state index contributed by atoms with van der Waals surface area (Å²) in [5, 5.41) is 2.75. The first-order valence-corrected chi connectivity index (χ1v) is 35.6. The molecule has 4 atom stereocenters. The number of rotatable bonds is 21. The number of aromatic nitrogens is 4. The number of carbonyl (C=O) groups excluding carboxylic acids is 5. The molecule has 1 N–H and O–H groups in total. The van der Waals surface area contributed by atoms with Crippen molar-refractivity contribution in [1.29, 1.82) is 0 Å². The Morgan fingerprint density at radius 1 is 0.725 bits per heavy atom. The first-order valence-electron chi connectivity index (χ1n) is 28.2. The lowest BCUT2D eigenvalue weighted by atomic mass is 9.90. The maximum Gasteiger partial charge on any atom is 0.410 e. The van der Waals surface area contributed by atoms with Crippen LogP contribution in [0.15, 0.2) is 60.9 Å². The highest BCUT2D eigenvalue weighted by molar-refractivity contribution is 6.76. The summed E-state index contributed by atoms with van der Waals surface area (Å²) in [5.41, 5.74) is 4.16. The van der Waals surface area contributed by atoms with E-state index in [0.29, 0.717) is 31.3 Å². The zero-order valence-electron chi connectivity index (χ0n) is 50.1. The summed E-state index contributed by atoms with van der Waals surface area (Å²) in [6.07, 6.45) is 4.11. The van der Waals surface area contributed by atoms with Gasteiger partial charge in [-0.15, -0.1) is 0 Å². The van der Waals surface area contributed by atoms with Crippen molar-refractivity contribution in [2.24, 2.45) is 17.8 Å². The van der Waals surface area contributed by atoms with Crippen LogP contribution in [0.5, 0.6) is 0 Å². The molecule has 6 rings (SSSR count). The van der Waals surface area contributed by atoms with Crippen LogP contribution in [0.1, 0.15) is 103 Å². The molecular weight excluding hydrogens is 1050 g/mol. The van der Waals surface area contributed by atoms with Crippen molar-refractivity contribution in [3.05, 3.63) is 83.7 Å². The molecule has 2 aromatic heterocycles. The van der Waals surface area contributed by atoms with Gasteiger partial charge in [-0.05, 0) is 87.4 Å². The fourth-order valence-corrected chi connectivity index (χ4v) is 11.2. The van der Waals surface area contributed by atoms with E-state index in [0.717, 1.165) is 58.7 Å². The van der Waals surface area contributed by atoms with Crippen molar-refractivity contribution in [3.8, 4) is 34.4 Å². The van der Waals surface area contributed by atoms with E-state index < -0.39 is 57.9 Å². The molecule has 4 heterocycles. The predicted molar refractivity (Wildman–Crippen MR) is 315 cm³/mol. The molecule has 0 unspecified atom stereocenters. The van der Waals surface area contributed by atoms with Crippen molar-refractivity contribution < 1.29 is 47.7 Å². The first kappa shape index (κ1) is 62.9. The normalized spacial score (nSPS) is 16.8. The number of esters is 1. The highest BCUT2D eigenvalue weighted by Gasteiger charge is 2.42. The quantitative estimate of drug-likeness (QED) is 0.0274. The van der Waals surface area contributed by atoms with Gasteiger partial charge in [0.2, 0.25) is 11.8 Å². The minimum absolute atomic E-state index is 0.0699. The van der Waals surface area contributed by atoms with Gasteiger partial charge in [0, 0.05) is 71.9 Å². The zero-order valence-corrected chi connectivity index (χ0v) is 52.1. The second-order valence-corrected chi connectivity index (χ2v) is 36.4. The molecule has 0 radical (unpaired) electrons. The van der Waals surface area contributed by atoms with Crippen LogP contribution in [0.3, 0.4) is 0 Å². The summed E-state index contributed by atoms with van der Waals surface area (Å²) in [6.45, 7) is 29.8. The zero-order chi connectivity index (χ0) is 58.7. The maximum atomic E-state index is 14.6. The summed E-state index contributed by atoms with van der Waals surface area (Å²) < 4.78 is 32.4. The third-order valence-electron chi connectivity index (χ3n) is 14.4. The average molecular weight is 1140 g/mol. The van der Waals surface area contributed by atoms with Gasteiger partial charge in [0.05, 0.1) is 56.7 Å². The van der Waals surface area contributed by atoms with E-state index in [9.17, 15) is 24.0 Å². The lowest BCUT2D eigenvalue weighted by Gasteiger charge is -2.42. The van der Waals surface area contributed by atoms with Crippen LogP contribution < -0.4 is 5.32 Å².